The topological polar surface area (TPSA) is 50.9 Å². The number of hydrogen-bond acceptors (Lipinski definition) is 3. The first-order valence-corrected chi connectivity index (χ1v) is 5.52. The summed E-state index contributed by atoms with van der Waals surface area (Å²) in [6.45, 7) is 0. The third-order valence-electron chi connectivity index (χ3n) is 2.99. The molecule has 0 spiro atoms. The fourth-order valence-electron chi connectivity index (χ4n) is 2.00. The molecule has 2 rings (SSSR count). The first-order valence-electron chi connectivity index (χ1n) is 5.52. The highest BCUT2D eigenvalue weighted by atomic mass is 35.5. The summed E-state index contributed by atoms with van der Waals surface area (Å²) >= 11 is 0. The maximum Gasteiger partial charge on any atom is 0.417 e. The average Bonchev–Trinajstić information content (AvgIpc) is 2.64. The molecule has 1 saturated carbocycles. The molecule has 0 aromatic carbocycles. The van der Waals surface area contributed by atoms with Crippen LogP contribution >= 0.6 is 12.4 Å². The molecule has 0 aliphatic heterocycles. The van der Waals surface area contributed by atoms with Gasteiger partial charge in [0.1, 0.15) is 5.82 Å². The maximum absolute atomic E-state index is 12.3. The van der Waals surface area contributed by atoms with Gasteiger partial charge in [0.2, 0.25) is 0 Å². The molecule has 0 amide bonds. The van der Waals surface area contributed by atoms with Gasteiger partial charge in [0.25, 0.3) is 0 Å². The zero-order valence-corrected chi connectivity index (χ0v) is 10.4. The normalized spacial score (nSPS) is 23.6. The lowest BCUT2D eigenvalue weighted by Gasteiger charge is -2.18. The van der Waals surface area contributed by atoms with Gasteiger partial charge in [-0.2, -0.15) is 13.2 Å². The largest absolute Gasteiger partial charge is 0.417 e. The van der Waals surface area contributed by atoms with Crippen molar-refractivity contribution in [2.45, 2.75) is 37.5 Å². The second kappa shape index (κ2) is 5.75. The van der Waals surface area contributed by atoms with Gasteiger partial charge in [-0.25, -0.2) is 4.98 Å². The summed E-state index contributed by atoms with van der Waals surface area (Å²) in [5.41, 5.74) is 5.12. The van der Waals surface area contributed by atoms with Crippen molar-refractivity contribution in [1.29, 1.82) is 0 Å². The number of nitrogens with two attached hydrogens (primary N) is 1. The van der Waals surface area contributed by atoms with Gasteiger partial charge in [-0.05, 0) is 31.4 Å². The number of alkyl halides is 3. The van der Waals surface area contributed by atoms with Gasteiger partial charge in [0.15, 0.2) is 0 Å². The van der Waals surface area contributed by atoms with E-state index in [-0.39, 0.29) is 24.5 Å². The van der Waals surface area contributed by atoms with E-state index < -0.39 is 11.7 Å². The number of rotatable bonds is 2. The number of halogens is 4. The summed E-state index contributed by atoms with van der Waals surface area (Å²) < 4.78 is 36.9. The quantitative estimate of drug-likeness (QED) is 0.876. The van der Waals surface area contributed by atoms with Gasteiger partial charge < -0.3 is 11.1 Å². The standard InChI is InChI=1S/C11H14F3N3.ClH/c12-11(13,14)7-4-5-10(16-6-7)17-9-3-1-2-8(9)15;/h4-6,8-9H,1-3,15H2,(H,16,17);1H/t8-,9-;/m0./s1. The average molecular weight is 282 g/mol. The van der Waals surface area contributed by atoms with Gasteiger partial charge in [0.05, 0.1) is 5.56 Å². The van der Waals surface area contributed by atoms with Crippen molar-refractivity contribution < 1.29 is 13.2 Å². The van der Waals surface area contributed by atoms with E-state index in [9.17, 15) is 13.2 Å². The van der Waals surface area contributed by atoms with Gasteiger partial charge in [-0.15, -0.1) is 12.4 Å². The van der Waals surface area contributed by atoms with Crippen LogP contribution in [0.25, 0.3) is 0 Å². The van der Waals surface area contributed by atoms with E-state index in [0.29, 0.717) is 5.82 Å². The van der Waals surface area contributed by atoms with Crippen molar-refractivity contribution in [3.8, 4) is 0 Å². The molecule has 3 N–H and O–H groups in total. The van der Waals surface area contributed by atoms with Crippen LogP contribution in [0.4, 0.5) is 19.0 Å². The number of anilines is 1. The Morgan fingerprint density at radius 3 is 2.44 bits per heavy atom. The Bertz CT molecular complexity index is 380. The maximum atomic E-state index is 12.3. The van der Waals surface area contributed by atoms with Gasteiger partial charge >= 0.3 is 6.18 Å². The smallest absolute Gasteiger partial charge is 0.366 e. The van der Waals surface area contributed by atoms with E-state index in [1.165, 1.54) is 6.07 Å². The summed E-state index contributed by atoms with van der Waals surface area (Å²) in [4.78, 5) is 3.76. The monoisotopic (exact) mass is 281 g/mol. The Morgan fingerprint density at radius 2 is 2.00 bits per heavy atom. The summed E-state index contributed by atoms with van der Waals surface area (Å²) in [6, 6.07) is 2.53. The molecule has 0 radical (unpaired) electrons. The van der Waals surface area contributed by atoms with Crippen molar-refractivity contribution in [3.05, 3.63) is 23.9 Å². The van der Waals surface area contributed by atoms with Crippen LogP contribution in [0, 0.1) is 0 Å². The van der Waals surface area contributed by atoms with Crippen molar-refractivity contribution in [2.75, 3.05) is 5.32 Å². The molecule has 1 heterocycles. The van der Waals surface area contributed by atoms with Crippen LogP contribution in [-0.2, 0) is 6.18 Å². The molecule has 7 heteroatoms. The van der Waals surface area contributed by atoms with E-state index in [2.05, 4.69) is 10.3 Å². The van der Waals surface area contributed by atoms with Gasteiger partial charge in [-0.1, -0.05) is 0 Å². The Morgan fingerprint density at radius 1 is 1.28 bits per heavy atom. The van der Waals surface area contributed by atoms with Crippen LogP contribution in [0.5, 0.6) is 0 Å². The first-order chi connectivity index (χ1) is 7.97. The summed E-state index contributed by atoms with van der Waals surface area (Å²) in [5, 5.41) is 3.07. The molecular weight excluding hydrogens is 267 g/mol. The summed E-state index contributed by atoms with van der Waals surface area (Å²) in [6.07, 6.45) is -0.584. The molecule has 0 bridgehead atoms. The zero-order chi connectivity index (χ0) is 12.5. The van der Waals surface area contributed by atoms with Crippen LogP contribution < -0.4 is 11.1 Å². The minimum atomic E-state index is -4.34. The molecule has 1 aromatic heterocycles. The third kappa shape index (κ3) is 3.49. The van der Waals surface area contributed by atoms with E-state index in [0.717, 1.165) is 31.5 Å². The molecule has 0 saturated heterocycles. The van der Waals surface area contributed by atoms with Crippen molar-refractivity contribution in [1.82, 2.24) is 4.98 Å². The number of aromatic nitrogens is 1. The number of hydrogen-bond donors (Lipinski definition) is 2. The molecule has 1 fully saturated rings. The van der Waals surface area contributed by atoms with Crippen LogP contribution in [-0.4, -0.2) is 17.1 Å². The van der Waals surface area contributed by atoms with E-state index in [4.69, 9.17) is 5.73 Å². The second-order valence-corrected chi connectivity index (χ2v) is 4.28. The number of nitrogens with zero attached hydrogens (tertiary/aromatic N) is 1. The van der Waals surface area contributed by atoms with Crippen LogP contribution in [0.2, 0.25) is 0 Å². The second-order valence-electron chi connectivity index (χ2n) is 4.28. The lowest BCUT2D eigenvalue weighted by Crippen LogP contribution is -2.35. The lowest BCUT2D eigenvalue weighted by atomic mass is 10.2. The highest BCUT2D eigenvalue weighted by Gasteiger charge is 2.31. The van der Waals surface area contributed by atoms with Gasteiger partial charge in [0, 0.05) is 18.3 Å². The minimum Gasteiger partial charge on any atom is -0.366 e. The molecule has 102 valence electrons. The van der Waals surface area contributed by atoms with E-state index in [1.54, 1.807) is 0 Å². The highest BCUT2D eigenvalue weighted by molar-refractivity contribution is 5.85. The van der Waals surface area contributed by atoms with Crippen molar-refractivity contribution in [2.24, 2.45) is 5.73 Å². The SMILES string of the molecule is Cl.N[C@H]1CCC[C@@H]1Nc1ccc(C(F)(F)F)cn1. The Hall–Kier alpha value is -1.01. The molecule has 1 aromatic rings. The Balaban J connectivity index is 0.00000162. The minimum absolute atomic E-state index is 0. The van der Waals surface area contributed by atoms with E-state index in [1.807, 2.05) is 0 Å². The van der Waals surface area contributed by atoms with E-state index >= 15 is 0 Å². The molecule has 1 aliphatic carbocycles. The van der Waals surface area contributed by atoms with Crippen LogP contribution in [0.3, 0.4) is 0 Å². The molecular formula is C11H15ClF3N3. The first kappa shape index (κ1) is 15.0. The lowest BCUT2D eigenvalue weighted by molar-refractivity contribution is -0.137. The summed E-state index contributed by atoms with van der Waals surface area (Å²) in [7, 11) is 0. The zero-order valence-electron chi connectivity index (χ0n) is 9.57. The fourth-order valence-corrected chi connectivity index (χ4v) is 2.00. The van der Waals surface area contributed by atoms with Crippen molar-refractivity contribution >= 4 is 18.2 Å². The van der Waals surface area contributed by atoms with Gasteiger partial charge in [-0.3, -0.25) is 0 Å². The van der Waals surface area contributed by atoms with Crippen LogP contribution in [0.15, 0.2) is 18.3 Å². The molecule has 3 nitrogen and oxygen atoms in total. The molecule has 18 heavy (non-hydrogen) atoms. The number of nitrogens with one attached hydrogen (secondary N) is 1. The number of pyridine rings is 1. The fraction of sp³-hybridized carbons (Fsp3) is 0.545. The highest BCUT2D eigenvalue weighted by Crippen LogP contribution is 2.29. The molecule has 0 unspecified atom stereocenters. The molecule has 2 atom stereocenters. The van der Waals surface area contributed by atoms with Crippen LogP contribution in [0.1, 0.15) is 24.8 Å². The predicted octanol–water partition coefficient (Wildman–Crippen LogP) is 2.81. The Labute approximate surface area is 109 Å². The third-order valence-corrected chi connectivity index (χ3v) is 2.99. The predicted molar refractivity (Wildman–Crippen MR) is 65.7 cm³/mol. The summed E-state index contributed by atoms with van der Waals surface area (Å²) in [5.74, 6) is 0.445. The van der Waals surface area contributed by atoms with Crippen molar-refractivity contribution in [3.63, 3.8) is 0 Å². The Kier molecular flexibility index (Phi) is 4.81. The molecule has 1 aliphatic rings.